The average molecular weight is 407 g/mol. The van der Waals surface area contributed by atoms with Crippen LogP contribution in [0.4, 0.5) is 10.1 Å². The van der Waals surface area contributed by atoms with Crippen molar-refractivity contribution in [1.29, 1.82) is 0 Å². The Morgan fingerprint density at radius 1 is 0.867 bits per heavy atom. The summed E-state index contributed by atoms with van der Waals surface area (Å²) in [6, 6.07) is 13.5. The molecule has 30 heavy (non-hydrogen) atoms. The third-order valence-electron chi connectivity index (χ3n) is 5.88. The maximum atomic E-state index is 13.5. The van der Waals surface area contributed by atoms with E-state index in [-0.39, 0.29) is 17.6 Å². The van der Waals surface area contributed by atoms with Crippen LogP contribution in [-0.4, -0.2) is 29.8 Å². The average Bonchev–Trinajstić information content (AvgIpc) is 3.04. The Morgan fingerprint density at radius 2 is 1.53 bits per heavy atom. The molecule has 156 valence electrons. The number of aryl methyl sites for hydroxylation is 1. The fourth-order valence-corrected chi connectivity index (χ4v) is 4.23. The first-order valence-electron chi connectivity index (χ1n) is 10.8. The Balaban J connectivity index is 1.71. The van der Waals surface area contributed by atoms with Crippen molar-refractivity contribution in [1.82, 2.24) is 4.90 Å². The lowest BCUT2D eigenvalue weighted by Crippen LogP contribution is -2.37. The van der Waals surface area contributed by atoms with Gasteiger partial charge in [-0.25, -0.2) is 9.29 Å². The van der Waals surface area contributed by atoms with Crippen LogP contribution in [0.2, 0.25) is 0 Å². The SMILES string of the molecule is CCCCc1ccc(N2C(=O)C(c3ccc(F)cc3)=C(N3CCCCC3)C2=O)cc1. The van der Waals surface area contributed by atoms with Crippen molar-refractivity contribution in [3.63, 3.8) is 0 Å². The van der Waals surface area contributed by atoms with Crippen LogP contribution in [0.15, 0.2) is 54.2 Å². The van der Waals surface area contributed by atoms with Crippen LogP contribution >= 0.6 is 0 Å². The molecule has 0 bridgehead atoms. The van der Waals surface area contributed by atoms with Gasteiger partial charge >= 0.3 is 0 Å². The van der Waals surface area contributed by atoms with Crippen LogP contribution in [0.1, 0.15) is 50.2 Å². The van der Waals surface area contributed by atoms with Gasteiger partial charge < -0.3 is 4.90 Å². The summed E-state index contributed by atoms with van der Waals surface area (Å²) in [5.41, 5.74) is 3.18. The summed E-state index contributed by atoms with van der Waals surface area (Å²) in [4.78, 5) is 30.2. The number of amides is 2. The van der Waals surface area contributed by atoms with E-state index in [4.69, 9.17) is 0 Å². The Hall–Kier alpha value is -2.95. The monoisotopic (exact) mass is 406 g/mol. The molecule has 0 saturated carbocycles. The van der Waals surface area contributed by atoms with Gasteiger partial charge in [-0.3, -0.25) is 9.59 Å². The number of halogens is 1. The second kappa shape index (κ2) is 8.82. The molecule has 1 saturated heterocycles. The predicted octanol–water partition coefficient (Wildman–Crippen LogP) is 4.94. The van der Waals surface area contributed by atoms with Crippen molar-refractivity contribution in [3.05, 3.63) is 71.2 Å². The molecule has 0 aromatic heterocycles. The van der Waals surface area contributed by atoms with Crippen LogP contribution in [0.5, 0.6) is 0 Å². The van der Waals surface area contributed by atoms with Gasteiger partial charge in [0, 0.05) is 13.1 Å². The number of piperidine rings is 1. The molecule has 4 nitrogen and oxygen atoms in total. The number of benzene rings is 2. The standard InChI is InChI=1S/C25H27FN2O2/c1-2-3-7-18-8-14-21(15-9-18)28-24(29)22(19-10-12-20(26)13-11-19)23(25(28)30)27-16-5-4-6-17-27/h8-15H,2-7,16-17H2,1H3. The van der Waals surface area contributed by atoms with E-state index in [1.54, 1.807) is 12.1 Å². The predicted molar refractivity (Wildman–Crippen MR) is 116 cm³/mol. The summed E-state index contributed by atoms with van der Waals surface area (Å²) < 4.78 is 13.5. The molecule has 5 heteroatoms. The van der Waals surface area contributed by atoms with E-state index < -0.39 is 0 Å². The van der Waals surface area contributed by atoms with Crippen molar-refractivity contribution >= 4 is 23.1 Å². The van der Waals surface area contributed by atoms with Crippen LogP contribution in [0, 0.1) is 5.82 Å². The molecule has 1 fully saturated rings. The summed E-state index contributed by atoms with van der Waals surface area (Å²) in [7, 11) is 0. The van der Waals surface area contributed by atoms with E-state index in [1.807, 2.05) is 29.2 Å². The number of rotatable bonds is 6. The number of anilines is 1. The van der Waals surface area contributed by atoms with Gasteiger partial charge in [0.1, 0.15) is 11.5 Å². The minimum atomic E-state index is -0.366. The number of hydrogen-bond acceptors (Lipinski definition) is 3. The summed E-state index contributed by atoms with van der Waals surface area (Å²) in [6.45, 7) is 3.66. The zero-order valence-electron chi connectivity index (χ0n) is 17.4. The lowest BCUT2D eigenvalue weighted by molar-refractivity contribution is -0.120. The number of unbranched alkanes of at least 4 members (excludes halogenated alkanes) is 1. The van der Waals surface area contributed by atoms with Crippen LogP contribution in [0.3, 0.4) is 0 Å². The number of imide groups is 1. The van der Waals surface area contributed by atoms with Gasteiger partial charge in [-0.2, -0.15) is 0 Å². The van der Waals surface area contributed by atoms with Gasteiger partial charge in [0.15, 0.2) is 0 Å². The summed E-state index contributed by atoms with van der Waals surface area (Å²) in [5, 5.41) is 0. The first-order chi connectivity index (χ1) is 14.6. The van der Waals surface area contributed by atoms with Crippen molar-refractivity contribution in [3.8, 4) is 0 Å². The Labute approximate surface area is 177 Å². The molecular formula is C25H27FN2O2. The van der Waals surface area contributed by atoms with E-state index >= 15 is 0 Å². The highest BCUT2D eigenvalue weighted by Crippen LogP contribution is 2.36. The van der Waals surface area contributed by atoms with Gasteiger partial charge in [0.25, 0.3) is 11.8 Å². The molecule has 2 amide bonds. The zero-order valence-corrected chi connectivity index (χ0v) is 17.4. The lowest BCUT2D eigenvalue weighted by Gasteiger charge is -2.29. The van der Waals surface area contributed by atoms with Gasteiger partial charge in [0.05, 0.1) is 11.3 Å². The molecule has 0 radical (unpaired) electrons. The molecule has 0 unspecified atom stereocenters. The topological polar surface area (TPSA) is 40.6 Å². The number of carbonyl (C=O) groups is 2. The van der Waals surface area contributed by atoms with Crippen molar-refractivity contribution in [2.75, 3.05) is 18.0 Å². The zero-order chi connectivity index (χ0) is 21.1. The summed E-state index contributed by atoms with van der Waals surface area (Å²) in [6.07, 6.45) is 6.32. The van der Waals surface area contributed by atoms with Gasteiger partial charge in [-0.1, -0.05) is 37.6 Å². The molecule has 2 aromatic rings. The van der Waals surface area contributed by atoms with Gasteiger partial charge in [-0.15, -0.1) is 0 Å². The Kier molecular flexibility index (Phi) is 5.98. The van der Waals surface area contributed by atoms with Gasteiger partial charge in [-0.05, 0) is 67.5 Å². The molecule has 2 aliphatic heterocycles. The van der Waals surface area contributed by atoms with Crippen molar-refractivity contribution in [2.45, 2.75) is 45.4 Å². The highest BCUT2D eigenvalue weighted by Gasteiger charge is 2.42. The first kappa shape index (κ1) is 20.3. The highest BCUT2D eigenvalue weighted by molar-refractivity contribution is 6.45. The molecular weight excluding hydrogens is 379 g/mol. The molecule has 0 spiro atoms. The number of hydrogen-bond donors (Lipinski definition) is 0. The molecule has 0 atom stereocenters. The highest BCUT2D eigenvalue weighted by atomic mass is 19.1. The number of carbonyl (C=O) groups excluding carboxylic acids is 2. The Bertz CT molecular complexity index is 958. The maximum Gasteiger partial charge on any atom is 0.282 e. The number of likely N-dealkylation sites (tertiary alicyclic amines) is 1. The minimum Gasteiger partial charge on any atom is -0.366 e. The normalized spacial score (nSPS) is 17.3. The number of nitrogens with zero attached hydrogens (tertiary/aromatic N) is 2. The Morgan fingerprint density at radius 3 is 2.17 bits per heavy atom. The molecule has 0 aliphatic carbocycles. The van der Waals surface area contributed by atoms with Crippen molar-refractivity contribution < 1.29 is 14.0 Å². The molecule has 2 heterocycles. The fraction of sp³-hybridized carbons (Fsp3) is 0.360. The molecule has 0 N–H and O–H groups in total. The van der Waals surface area contributed by atoms with E-state index in [1.165, 1.54) is 22.6 Å². The third kappa shape index (κ3) is 3.89. The van der Waals surface area contributed by atoms with Crippen LogP contribution in [0.25, 0.3) is 5.57 Å². The third-order valence-corrected chi connectivity index (χ3v) is 5.88. The summed E-state index contributed by atoms with van der Waals surface area (Å²) >= 11 is 0. The molecule has 2 aliphatic rings. The second-order valence-electron chi connectivity index (χ2n) is 7.99. The van der Waals surface area contributed by atoms with E-state index in [9.17, 15) is 14.0 Å². The van der Waals surface area contributed by atoms with E-state index in [0.717, 1.165) is 51.6 Å². The quantitative estimate of drug-likeness (QED) is 0.638. The van der Waals surface area contributed by atoms with Crippen molar-refractivity contribution in [2.24, 2.45) is 0 Å². The second-order valence-corrected chi connectivity index (χ2v) is 7.99. The smallest absolute Gasteiger partial charge is 0.282 e. The lowest BCUT2D eigenvalue weighted by atomic mass is 10.0. The molecule has 2 aromatic carbocycles. The molecule has 4 rings (SSSR count). The van der Waals surface area contributed by atoms with E-state index in [0.29, 0.717) is 22.5 Å². The van der Waals surface area contributed by atoms with E-state index in [2.05, 4.69) is 6.92 Å². The maximum absolute atomic E-state index is 13.5. The largest absolute Gasteiger partial charge is 0.366 e. The van der Waals surface area contributed by atoms with Crippen LogP contribution < -0.4 is 4.90 Å². The first-order valence-corrected chi connectivity index (χ1v) is 10.8. The van der Waals surface area contributed by atoms with Crippen LogP contribution in [-0.2, 0) is 16.0 Å². The fourth-order valence-electron chi connectivity index (χ4n) is 4.23. The minimum absolute atomic E-state index is 0.289. The van der Waals surface area contributed by atoms with Gasteiger partial charge in [0.2, 0.25) is 0 Å². The summed E-state index contributed by atoms with van der Waals surface area (Å²) in [5.74, 6) is -0.994.